The molecule has 1 aromatic rings. The lowest BCUT2D eigenvalue weighted by atomic mass is 9.84. The Morgan fingerprint density at radius 2 is 1.81 bits per heavy atom. The van der Waals surface area contributed by atoms with Gasteiger partial charge in [-0.15, -0.1) is 24.8 Å². The minimum absolute atomic E-state index is 0. The van der Waals surface area contributed by atoms with Gasteiger partial charge in [0.05, 0.1) is 0 Å². The van der Waals surface area contributed by atoms with E-state index in [0.717, 1.165) is 39.3 Å². The van der Waals surface area contributed by atoms with Gasteiger partial charge < -0.3 is 10.2 Å². The van der Waals surface area contributed by atoms with Crippen molar-refractivity contribution in [3.63, 3.8) is 0 Å². The molecule has 2 aliphatic rings. The van der Waals surface area contributed by atoms with Crippen LogP contribution in [0.5, 0.6) is 0 Å². The Hall–Kier alpha value is -0.810. The van der Waals surface area contributed by atoms with Crippen LogP contribution in [0.4, 0.5) is 0 Å². The zero-order valence-corrected chi connectivity index (χ0v) is 18.2. The van der Waals surface area contributed by atoms with Gasteiger partial charge in [-0.3, -0.25) is 9.69 Å². The van der Waals surface area contributed by atoms with Crippen molar-refractivity contribution in [1.82, 2.24) is 15.1 Å². The fourth-order valence-corrected chi connectivity index (χ4v) is 4.36. The Balaban J connectivity index is 0.00000182. The number of amides is 1. The first-order valence-electron chi connectivity index (χ1n) is 9.90. The number of rotatable bonds is 5. The summed E-state index contributed by atoms with van der Waals surface area (Å²) in [4.78, 5) is 17.4. The van der Waals surface area contributed by atoms with Crippen LogP contribution in [-0.4, -0.2) is 54.5 Å². The number of halogens is 2. The van der Waals surface area contributed by atoms with Crippen molar-refractivity contribution in [1.29, 1.82) is 0 Å². The monoisotopic (exact) mass is 415 g/mol. The predicted octanol–water partition coefficient (Wildman–Crippen LogP) is 3.59. The Morgan fingerprint density at radius 3 is 2.44 bits per heavy atom. The molecule has 2 fully saturated rings. The smallest absolute Gasteiger partial charge is 0.223 e. The largest absolute Gasteiger partial charge is 0.337 e. The SMILES string of the molecule is CC(CC(=O)N1CCN(Cc2ccccc2)CC1C)C1CCNCC1.Cl.Cl. The van der Waals surface area contributed by atoms with E-state index in [1.165, 1.54) is 18.4 Å². The fourth-order valence-electron chi connectivity index (χ4n) is 4.36. The number of carbonyl (C=O) groups excluding carboxylic acids is 1. The van der Waals surface area contributed by atoms with E-state index in [2.05, 4.69) is 59.3 Å². The van der Waals surface area contributed by atoms with Gasteiger partial charge in [0.25, 0.3) is 0 Å². The molecule has 3 rings (SSSR count). The molecule has 0 aromatic heterocycles. The summed E-state index contributed by atoms with van der Waals surface area (Å²) in [6, 6.07) is 10.9. The van der Waals surface area contributed by atoms with Crippen LogP contribution in [0.15, 0.2) is 30.3 Å². The van der Waals surface area contributed by atoms with Gasteiger partial charge in [-0.1, -0.05) is 37.3 Å². The molecular weight excluding hydrogens is 381 g/mol. The quantitative estimate of drug-likeness (QED) is 0.797. The summed E-state index contributed by atoms with van der Waals surface area (Å²) in [5.74, 6) is 1.57. The minimum Gasteiger partial charge on any atom is -0.337 e. The summed E-state index contributed by atoms with van der Waals surface area (Å²) in [7, 11) is 0. The third kappa shape index (κ3) is 6.94. The number of piperidine rings is 1. The molecule has 2 saturated heterocycles. The summed E-state index contributed by atoms with van der Waals surface area (Å²) in [6.07, 6.45) is 3.15. The van der Waals surface area contributed by atoms with Crippen LogP contribution in [0.1, 0.15) is 38.7 Å². The molecule has 0 spiro atoms. The van der Waals surface area contributed by atoms with Crippen molar-refractivity contribution in [2.45, 2.75) is 45.7 Å². The summed E-state index contributed by atoms with van der Waals surface area (Å²) >= 11 is 0. The maximum atomic E-state index is 12.8. The second-order valence-corrected chi connectivity index (χ2v) is 7.93. The van der Waals surface area contributed by atoms with Crippen LogP contribution >= 0.6 is 24.8 Å². The highest BCUT2D eigenvalue weighted by molar-refractivity contribution is 5.85. The highest BCUT2D eigenvalue weighted by atomic mass is 35.5. The normalized spacial score (nSPS) is 22.4. The van der Waals surface area contributed by atoms with E-state index in [0.29, 0.717) is 30.2 Å². The Labute approximate surface area is 176 Å². The lowest BCUT2D eigenvalue weighted by Gasteiger charge is -2.41. The lowest BCUT2D eigenvalue weighted by molar-refractivity contribution is -0.137. The van der Waals surface area contributed by atoms with Gasteiger partial charge in [0.1, 0.15) is 0 Å². The third-order valence-corrected chi connectivity index (χ3v) is 5.97. The van der Waals surface area contributed by atoms with Crippen molar-refractivity contribution in [2.75, 3.05) is 32.7 Å². The van der Waals surface area contributed by atoms with Gasteiger partial charge in [0, 0.05) is 38.6 Å². The molecule has 1 amide bonds. The zero-order chi connectivity index (χ0) is 17.6. The van der Waals surface area contributed by atoms with Crippen molar-refractivity contribution in [2.24, 2.45) is 11.8 Å². The van der Waals surface area contributed by atoms with E-state index >= 15 is 0 Å². The number of hydrogen-bond acceptors (Lipinski definition) is 3. The molecule has 0 aliphatic carbocycles. The van der Waals surface area contributed by atoms with Crippen molar-refractivity contribution >= 4 is 30.7 Å². The molecule has 2 atom stereocenters. The average Bonchev–Trinajstić information content (AvgIpc) is 2.63. The van der Waals surface area contributed by atoms with E-state index in [-0.39, 0.29) is 24.8 Å². The first-order valence-corrected chi connectivity index (χ1v) is 9.90. The standard InChI is InChI=1S/C21H33N3O.2ClH/c1-17(20-8-10-22-11-9-20)14-21(25)24-13-12-23(15-18(24)2)16-19-6-4-3-5-7-19;;/h3-7,17-18,20,22H,8-16H2,1-2H3;2*1H. The van der Waals surface area contributed by atoms with Gasteiger partial charge in [-0.2, -0.15) is 0 Å². The summed E-state index contributed by atoms with van der Waals surface area (Å²) in [5, 5.41) is 3.42. The van der Waals surface area contributed by atoms with Gasteiger partial charge in [-0.25, -0.2) is 0 Å². The second kappa shape index (κ2) is 11.9. The van der Waals surface area contributed by atoms with Crippen LogP contribution in [0.2, 0.25) is 0 Å². The topological polar surface area (TPSA) is 35.6 Å². The minimum atomic E-state index is 0. The Bertz CT molecular complexity index is 552. The van der Waals surface area contributed by atoms with E-state index in [4.69, 9.17) is 0 Å². The Kier molecular flexibility index (Phi) is 10.7. The van der Waals surface area contributed by atoms with Crippen LogP contribution < -0.4 is 5.32 Å². The summed E-state index contributed by atoms with van der Waals surface area (Å²) in [6.45, 7) is 10.5. The predicted molar refractivity (Wildman–Crippen MR) is 117 cm³/mol. The fraction of sp³-hybridized carbons (Fsp3) is 0.667. The molecule has 1 N–H and O–H groups in total. The molecular formula is C21H35Cl2N3O. The lowest BCUT2D eigenvalue weighted by Crippen LogP contribution is -2.54. The molecule has 27 heavy (non-hydrogen) atoms. The summed E-state index contributed by atoms with van der Waals surface area (Å²) < 4.78 is 0. The van der Waals surface area contributed by atoms with Gasteiger partial charge in [-0.05, 0) is 50.3 Å². The number of piperazine rings is 1. The molecule has 1 aromatic carbocycles. The molecule has 0 saturated carbocycles. The van der Waals surface area contributed by atoms with E-state index in [1.807, 2.05) is 0 Å². The number of carbonyl (C=O) groups is 1. The second-order valence-electron chi connectivity index (χ2n) is 7.93. The third-order valence-electron chi connectivity index (χ3n) is 5.97. The molecule has 4 nitrogen and oxygen atoms in total. The van der Waals surface area contributed by atoms with Crippen molar-refractivity contribution in [3.05, 3.63) is 35.9 Å². The first kappa shape index (κ1) is 24.2. The highest BCUT2D eigenvalue weighted by Crippen LogP contribution is 2.26. The average molecular weight is 416 g/mol. The molecule has 0 bridgehead atoms. The Morgan fingerprint density at radius 1 is 1.15 bits per heavy atom. The molecule has 2 heterocycles. The van der Waals surface area contributed by atoms with Crippen LogP contribution in [0.3, 0.4) is 0 Å². The molecule has 2 aliphatic heterocycles. The number of nitrogens with one attached hydrogen (secondary N) is 1. The molecule has 6 heteroatoms. The first-order chi connectivity index (χ1) is 12.1. The summed E-state index contributed by atoms with van der Waals surface area (Å²) in [5.41, 5.74) is 1.36. The van der Waals surface area contributed by atoms with Gasteiger partial charge in [0.15, 0.2) is 0 Å². The number of benzene rings is 1. The van der Waals surface area contributed by atoms with E-state index < -0.39 is 0 Å². The maximum Gasteiger partial charge on any atom is 0.223 e. The highest BCUT2D eigenvalue weighted by Gasteiger charge is 2.30. The van der Waals surface area contributed by atoms with Crippen molar-refractivity contribution < 1.29 is 4.79 Å². The van der Waals surface area contributed by atoms with E-state index in [9.17, 15) is 4.79 Å². The number of hydrogen-bond donors (Lipinski definition) is 1. The van der Waals surface area contributed by atoms with Gasteiger partial charge >= 0.3 is 0 Å². The van der Waals surface area contributed by atoms with Crippen LogP contribution in [0, 0.1) is 11.8 Å². The van der Waals surface area contributed by atoms with Crippen LogP contribution in [-0.2, 0) is 11.3 Å². The van der Waals surface area contributed by atoms with Gasteiger partial charge in [0.2, 0.25) is 5.91 Å². The van der Waals surface area contributed by atoms with Crippen LogP contribution in [0.25, 0.3) is 0 Å². The molecule has 0 radical (unpaired) electrons. The van der Waals surface area contributed by atoms with Crippen molar-refractivity contribution in [3.8, 4) is 0 Å². The molecule has 154 valence electrons. The number of nitrogens with zero attached hydrogens (tertiary/aromatic N) is 2. The zero-order valence-electron chi connectivity index (χ0n) is 16.6. The maximum absolute atomic E-state index is 12.8. The van der Waals surface area contributed by atoms with E-state index in [1.54, 1.807) is 0 Å². The molecule has 2 unspecified atom stereocenters.